The number of aliphatic imine (C=N–C) groups is 1. The molecule has 0 aliphatic carbocycles. The van der Waals surface area contributed by atoms with Crippen LogP contribution in [0.4, 0.5) is 5.82 Å². The Morgan fingerprint density at radius 2 is 2.15 bits per heavy atom. The third kappa shape index (κ3) is 5.70. The van der Waals surface area contributed by atoms with Crippen LogP contribution in [0.5, 0.6) is 0 Å². The Morgan fingerprint density at radius 1 is 1.33 bits per heavy atom. The zero-order valence-corrected chi connectivity index (χ0v) is 17.5. The minimum atomic E-state index is 0.736. The molecule has 0 bridgehead atoms. The number of thiophene rings is 1. The summed E-state index contributed by atoms with van der Waals surface area (Å²) in [6.45, 7) is 6.26. The van der Waals surface area contributed by atoms with Gasteiger partial charge in [-0.15, -0.1) is 11.3 Å². The molecule has 0 saturated carbocycles. The van der Waals surface area contributed by atoms with Crippen LogP contribution in [-0.2, 0) is 13.0 Å². The normalized spacial score (nSPS) is 15.8. The van der Waals surface area contributed by atoms with Crippen molar-refractivity contribution in [2.45, 2.75) is 32.7 Å². The molecule has 146 valence electrons. The van der Waals surface area contributed by atoms with E-state index in [0.29, 0.717) is 0 Å². The van der Waals surface area contributed by atoms with E-state index in [0.717, 1.165) is 50.3 Å². The predicted molar refractivity (Wildman–Crippen MR) is 116 cm³/mol. The van der Waals surface area contributed by atoms with Gasteiger partial charge in [-0.2, -0.15) is 0 Å². The maximum Gasteiger partial charge on any atom is 0.193 e. The van der Waals surface area contributed by atoms with Crippen LogP contribution in [-0.4, -0.2) is 49.6 Å². The number of anilines is 1. The van der Waals surface area contributed by atoms with Crippen molar-refractivity contribution in [3.05, 3.63) is 46.3 Å². The Labute approximate surface area is 167 Å². The van der Waals surface area contributed by atoms with Crippen LogP contribution in [0.1, 0.15) is 30.2 Å². The van der Waals surface area contributed by atoms with Gasteiger partial charge in [0.25, 0.3) is 0 Å². The highest BCUT2D eigenvalue weighted by atomic mass is 32.1. The minimum Gasteiger partial charge on any atom is -0.357 e. The van der Waals surface area contributed by atoms with Gasteiger partial charge in [-0.3, -0.25) is 4.99 Å². The van der Waals surface area contributed by atoms with Crippen LogP contribution in [0.25, 0.3) is 0 Å². The fraction of sp³-hybridized carbons (Fsp3) is 0.524. The Kier molecular flexibility index (Phi) is 7.10. The molecule has 3 rings (SSSR count). The number of nitrogens with one attached hydrogen (secondary N) is 1. The SMILES string of the molecule is CN=C(NCc1ccc(N2CCC(C)CC2)nc1)N(C)CCc1cccs1. The van der Waals surface area contributed by atoms with E-state index in [9.17, 15) is 0 Å². The van der Waals surface area contributed by atoms with Gasteiger partial charge in [-0.25, -0.2) is 4.98 Å². The average Bonchev–Trinajstić information content (AvgIpc) is 3.22. The number of rotatable bonds is 6. The number of hydrogen-bond donors (Lipinski definition) is 1. The zero-order chi connectivity index (χ0) is 19.1. The highest BCUT2D eigenvalue weighted by Crippen LogP contribution is 2.21. The molecule has 1 aliphatic rings. The maximum atomic E-state index is 4.68. The van der Waals surface area contributed by atoms with E-state index in [1.165, 1.54) is 23.3 Å². The summed E-state index contributed by atoms with van der Waals surface area (Å²) in [5.74, 6) is 2.86. The summed E-state index contributed by atoms with van der Waals surface area (Å²) in [5.41, 5.74) is 1.18. The van der Waals surface area contributed by atoms with Gasteiger partial charge in [0.1, 0.15) is 5.82 Å². The second-order valence-electron chi connectivity index (χ2n) is 7.35. The van der Waals surface area contributed by atoms with Crippen molar-refractivity contribution in [2.24, 2.45) is 10.9 Å². The molecule has 27 heavy (non-hydrogen) atoms. The topological polar surface area (TPSA) is 43.8 Å². The third-order valence-corrected chi connectivity index (χ3v) is 6.15. The summed E-state index contributed by atoms with van der Waals surface area (Å²) in [7, 11) is 3.92. The maximum absolute atomic E-state index is 4.68. The van der Waals surface area contributed by atoms with Gasteiger partial charge in [0.05, 0.1) is 0 Å². The van der Waals surface area contributed by atoms with Crippen LogP contribution in [0.3, 0.4) is 0 Å². The summed E-state index contributed by atoms with van der Waals surface area (Å²) in [6, 6.07) is 8.61. The summed E-state index contributed by atoms with van der Waals surface area (Å²) in [5, 5.41) is 5.57. The van der Waals surface area contributed by atoms with Gasteiger partial charge in [-0.1, -0.05) is 19.1 Å². The van der Waals surface area contributed by atoms with Crippen LogP contribution >= 0.6 is 11.3 Å². The Bertz CT molecular complexity index is 703. The Balaban J connectivity index is 1.47. The van der Waals surface area contributed by atoms with E-state index in [1.54, 1.807) is 0 Å². The van der Waals surface area contributed by atoms with E-state index in [1.807, 2.05) is 24.6 Å². The van der Waals surface area contributed by atoms with Gasteiger partial charge in [0.2, 0.25) is 0 Å². The molecular weight excluding hydrogens is 354 g/mol. The molecule has 1 saturated heterocycles. The molecule has 1 aliphatic heterocycles. The van der Waals surface area contributed by atoms with Crippen molar-refractivity contribution < 1.29 is 0 Å². The van der Waals surface area contributed by atoms with Gasteiger partial charge >= 0.3 is 0 Å². The quantitative estimate of drug-likeness (QED) is 0.609. The van der Waals surface area contributed by atoms with Crippen molar-refractivity contribution in [3.63, 3.8) is 0 Å². The fourth-order valence-corrected chi connectivity index (χ4v) is 4.05. The monoisotopic (exact) mass is 385 g/mol. The molecule has 0 amide bonds. The number of piperidine rings is 1. The molecular formula is C21H31N5S. The second-order valence-corrected chi connectivity index (χ2v) is 8.38. The number of hydrogen-bond acceptors (Lipinski definition) is 4. The van der Waals surface area contributed by atoms with Crippen LogP contribution in [0, 0.1) is 5.92 Å². The van der Waals surface area contributed by atoms with Crippen molar-refractivity contribution in [1.29, 1.82) is 0 Å². The molecule has 0 unspecified atom stereocenters. The number of guanidine groups is 1. The molecule has 0 spiro atoms. The average molecular weight is 386 g/mol. The number of likely N-dealkylation sites (N-methyl/N-ethyl adjacent to an activating group) is 1. The van der Waals surface area contributed by atoms with Crippen LogP contribution in [0.15, 0.2) is 40.8 Å². The Morgan fingerprint density at radius 3 is 2.78 bits per heavy atom. The first-order valence-electron chi connectivity index (χ1n) is 9.79. The van der Waals surface area contributed by atoms with E-state index < -0.39 is 0 Å². The molecule has 2 aromatic heterocycles. The summed E-state index contributed by atoms with van der Waals surface area (Å²) >= 11 is 1.81. The van der Waals surface area contributed by atoms with E-state index in [4.69, 9.17) is 0 Å². The van der Waals surface area contributed by atoms with Gasteiger partial charge < -0.3 is 15.1 Å². The highest BCUT2D eigenvalue weighted by molar-refractivity contribution is 7.09. The van der Waals surface area contributed by atoms with E-state index in [2.05, 4.69) is 68.7 Å². The van der Waals surface area contributed by atoms with Gasteiger partial charge in [0, 0.05) is 51.3 Å². The third-order valence-electron chi connectivity index (χ3n) is 5.21. The molecule has 1 N–H and O–H groups in total. The first kappa shape index (κ1) is 19.7. The van der Waals surface area contributed by atoms with E-state index >= 15 is 0 Å². The molecule has 1 fully saturated rings. The smallest absolute Gasteiger partial charge is 0.193 e. The number of aromatic nitrogens is 1. The first-order valence-corrected chi connectivity index (χ1v) is 10.7. The first-order chi connectivity index (χ1) is 13.2. The largest absolute Gasteiger partial charge is 0.357 e. The van der Waals surface area contributed by atoms with Crippen LogP contribution < -0.4 is 10.2 Å². The molecule has 0 atom stereocenters. The summed E-state index contributed by atoms with van der Waals surface area (Å²) < 4.78 is 0. The molecule has 0 radical (unpaired) electrons. The van der Waals surface area contributed by atoms with Gasteiger partial charge in [0.15, 0.2) is 5.96 Å². The standard InChI is InChI=1S/C21H31N5S/c1-17-8-12-26(13-9-17)20-7-6-18(15-23-20)16-24-21(22-2)25(3)11-10-19-5-4-14-27-19/h4-7,14-15,17H,8-13,16H2,1-3H3,(H,22,24). The zero-order valence-electron chi connectivity index (χ0n) is 16.7. The number of pyridine rings is 1. The van der Waals surface area contributed by atoms with Crippen molar-refractivity contribution in [3.8, 4) is 0 Å². The summed E-state index contributed by atoms with van der Waals surface area (Å²) in [4.78, 5) is 15.1. The lowest BCUT2D eigenvalue weighted by atomic mass is 9.99. The molecule has 6 heteroatoms. The van der Waals surface area contributed by atoms with Crippen LogP contribution in [0.2, 0.25) is 0 Å². The minimum absolute atomic E-state index is 0.736. The molecule has 2 aromatic rings. The van der Waals surface area contributed by atoms with Crippen molar-refractivity contribution >= 4 is 23.1 Å². The predicted octanol–water partition coefficient (Wildman–Crippen LogP) is 3.63. The van der Waals surface area contributed by atoms with E-state index in [-0.39, 0.29) is 0 Å². The Hall–Kier alpha value is -2.08. The highest BCUT2D eigenvalue weighted by Gasteiger charge is 2.16. The molecule has 3 heterocycles. The number of nitrogens with zero attached hydrogens (tertiary/aromatic N) is 4. The van der Waals surface area contributed by atoms with Crippen molar-refractivity contribution in [2.75, 3.05) is 38.6 Å². The summed E-state index contributed by atoms with van der Waals surface area (Å²) in [6.07, 6.45) is 5.55. The lowest BCUT2D eigenvalue weighted by Gasteiger charge is -2.31. The fourth-order valence-electron chi connectivity index (χ4n) is 3.35. The lowest BCUT2D eigenvalue weighted by Crippen LogP contribution is -2.39. The van der Waals surface area contributed by atoms with Gasteiger partial charge in [-0.05, 0) is 48.3 Å². The molecule has 5 nitrogen and oxygen atoms in total. The molecule has 0 aromatic carbocycles. The second kappa shape index (κ2) is 9.74. The lowest BCUT2D eigenvalue weighted by molar-refractivity contribution is 0.436. The van der Waals surface area contributed by atoms with Crippen molar-refractivity contribution in [1.82, 2.24) is 15.2 Å².